The Balaban J connectivity index is 2.48. The monoisotopic (exact) mass is 211 g/mol. The van der Waals surface area contributed by atoms with E-state index in [2.05, 4.69) is 6.07 Å². The maximum atomic E-state index is 11.1. The number of benzene rings is 2. The zero-order valence-electron chi connectivity index (χ0n) is 9.10. The minimum Gasteiger partial charge on any atom is -0.366 e. The summed E-state index contributed by atoms with van der Waals surface area (Å²) < 4.78 is 0. The van der Waals surface area contributed by atoms with Gasteiger partial charge in [-0.25, -0.2) is 0 Å². The van der Waals surface area contributed by atoms with E-state index in [0.717, 1.165) is 11.1 Å². The molecule has 2 nitrogen and oxygen atoms in total. The highest BCUT2D eigenvalue weighted by Gasteiger charge is 2.02. The minimum absolute atomic E-state index is 0.394. The van der Waals surface area contributed by atoms with Crippen LogP contribution in [0, 0.1) is 6.92 Å². The number of carbonyl (C=O) groups excluding carboxylic acids is 1. The van der Waals surface area contributed by atoms with Crippen molar-refractivity contribution in [1.29, 1.82) is 0 Å². The molecule has 0 atom stereocenters. The van der Waals surface area contributed by atoms with Gasteiger partial charge in [-0.1, -0.05) is 42.0 Å². The predicted molar refractivity (Wildman–Crippen MR) is 65.1 cm³/mol. The largest absolute Gasteiger partial charge is 0.366 e. The molecule has 0 spiro atoms. The van der Waals surface area contributed by atoms with E-state index in [9.17, 15) is 4.79 Å². The fourth-order valence-corrected chi connectivity index (χ4v) is 1.68. The molecule has 0 aromatic heterocycles. The molecule has 0 heterocycles. The zero-order chi connectivity index (χ0) is 11.5. The predicted octanol–water partition coefficient (Wildman–Crippen LogP) is 2.76. The maximum absolute atomic E-state index is 11.1. The smallest absolute Gasteiger partial charge is 0.248 e. The minimum atomic E-state index is -0.394. The Bertz CT molecular complexity index is 532. The first-order chi connectivity index (χ1) is 7.66. The Morgan fingerprint density at radius 1 is 1.00 bits per heavy atom. The van der Waals surface area contributed by atoms with Gasteiger partial charge in [0.1, 0.15) is 0 Å². The van der Waals surface area contributed by atoms with E-state index in [0.29, 0.717) is 5.56 Å². The van der Waals surface area contributed by atoms with Crippen LogP contribution < -0.4 is 5.73 Å². The van der Waals surface area contributed by atoms with Crippen LogP contribution in [0.25, 0.3) is 11.1 Å². The lowest BCUT2D eigenvalue weighted by molar-refractivity contribution is 0.100. The molecule has 0 aliphatic rings. The Morgan fingerprint density at radius 3 is 2.25 bits per heavy atom. The molecule has 2 N–H and O–H groups in total. The van der Waals surface area contributed by atoms with Crippen LogP contribution in [0.3, 0.4) is 0 Å². The van der Waals surface area contributed by atoms with Gasteiger partial charge >= 0.3 is 0 Å². The molecule has 0 saturated carbocycles. The highest BCUT2D eigenvalue weighted by Crippen LogP contribution is 2.21. The zero-order valence-corrected chi connectivity index (χ0v) is 9.10. The van der Waals surface area contributed by atoms with Crippen molar-refractivity contribution in [1.82, 2.24) is 0 Å². The molecular weight excluding hydrogens is 198 g/mol. The summed E-state index contributed by atoms with van der Waals surface area (Å²) in [6, 6.07) is 15.5. The number of hydrogen-bond acceptors (Lipinski definition) is 1. The third-order valence-corrected chi connectivity index (χ3v) is 2.50. The van der Waals surface area contributed by atoms with Gasteiger partial charge in [-0.05, 0) is 30.2 Å². The molecule has 0 bridgehead atoms. The lowest BCUT2D eigenvalue weighted by atomic mass is 10.0. The van der Waals surface area contributed by atoms with Crippen molar-refractivity contribution < 1.29 is 4.79 Å². The molecule has 0 unspecified atom stereocenters. The van der Waals surface area contributed by atoms with Crippen molar-refractivity contribution >= 4 is 5.91 Å². The van der Waals surface area contributed by atoms with E-state index in [1.54, 1.807) is 6.07 Å². The number of aryl methyl sites for hydroxylation is 1. The van der Waals surface area contributed by atoms with Gasteiger partial charge in [-0.2, -0.15) is 0 Å². The summed E-state index contributed by atoms with van der Waals surface area (Å²) in [5.41, 5.74) is 9.10. The molecule has 0 aliphatic carbocycles. The van der Waals surface area contributed by atoms with Gasteiger partial charge in [0.2, 0.25) is 5.91 Å². The summed E-state index contributed by atoms with van der Waals surface area (Å²) in [4.78, 5) is 11.1. The van der Waals surface area contributed by atoms with Crippen LogP contribution in [0.15, 0.2) is 48.5 Å². The molecule has 0 fully saturated rings. The number of hydrogen-bond donors (Lipinski definition) is 1. The Labute approximate surface area is 94.7 Å². The molecule has 0 saturated heterocycles. The number of amides is 1. The molecular formula is C14H13NO. The quantitative estimate of drug-likeness (QED) is 0.815. The molecule has 0 aliphatic heterocycles. The van der Waals surface area contributed by atoms with Gasteiger partial charge in [0, 0.05) is 5.56 Å². The van der Waals surface area contributed by atoms with E-state index < -0.39 is 5.91 Å². The first-order valence-corrected chi connectivity index (χ1v) is 5.14. The molecule has 0 radical (unpaired) electrons. The normalized spacial score (nSPS) is 10.1. The molecule has 2 rings (SSSR count). The van der Waals surface area contributed by atoms with Crippen LogP contribution >= 0.6 is 0 Å². The summed E-state index contributed by atoms with van der Waals surface area (Å²) >= 11 is 0. The van der Waals surface area contributed by atoms with Gasteiger partial charge in [-0.15, -0.1) is 0 Å². The van der Waals surface area contributed by atoms with Crippen molar-refractivity contribution in [3.05, 3.63) is 59.7 Å². The van der Waals surface area contributed by atoms with Crippen LogP contribution in [-0.2, 0) is 0 Å². The van der Waals surface area contributed by atoms with E-state index in [4.69, 9.17) is 5.73 Å². The van der Waals surface area contributed by atoms with Crippen molar-refractivity contribution in [2.24, 2.45) is 5.73 Å². The van der Waals surface area contributed by atoms with Crippen molar-refractivity contribution in [3.63, 3.8) is 0 Å². The highest BCUT2D eigenvalue weighted by atomic mass is 16.1. The third kappa shape index (κ3) is 2.11. The summed E-state index contributed by atoms with van der Waals surface area (Å²) in [6.45, 7) is 2.04. The van der Waals surface area contributed by atoms with Gasteiger partial charge < -0.3 is 5.73 Å². The van der Waals surface area contributed by atoms with Gasteiger partial charge in [-0.3, -0.25) is 4.79 Å². The van der Waals surface area contributed by atoms with E-state index in [1.165, 1.54) is 5.56 Å². The second kappa shape index (κ2) is 4.19. The van der Waals surface area contributed by atoms with Gasteiger partial charge in [0.15, 0.2) is 0 Å². The van der Waals surface area contributed by atoms with Crippen LogP contribution in [0.5, 0.6) is 0 Å². The number of carbonyl (C=O) groups is 1. The lowest BCUT2D eigenvalue weighted by Crippen LogP contribution is -2.10. The average molecular weight is 211 g/mol. The first kappa shape index (κ1) is 10.4. The lowest BCUT2D eigenvalue weighted by Gasteiger charge is -2.04. The van der Waals surface area contributed by atoms with Crippen molar-refractivity contribution in [2.75, 3.05) is 0 Å². The SMILES string of the molecule is Cc1cccc(-c2cccc(C(N)=O)c2)c1. The average Bonchev–Trinajstić information content (AvgIpc) is 2.29. The van der Waals surface area contributed by atoms with Gasteiger partial charge in [0.05, 0.1) is 0 Å². The van der Waals surface area contributed by atoms with Crippen molar-refractivity contribution in [3.8, 4) is 11.1 Å². The molecule has 2 heteroatoms. The number of rotatable bonds is 2. The Morgan fingerprint density at radius 2 is 1.62 bits per heavy atom. The van der Waals surface area contributed by atoms with E-state index >= 15 is 0 Å². The van der Waals surface area contributed by atoms with E-state index in [-0.39, 0.29) is 0 Å². The topological polar surface area (TPSA) is 43.1 Å². The van der Waals surface area contributed by atoms with Crippen LogP contribution in [0.4, 0.5) is 0 Å². The Hall–Kier alpha value is -2.09. The summed E-state index contributed by atoms with van der Waals surface area (Å²) in [5.74, 6) is -0.394. The van der Waals surface area contributed by atoms with E-state index in [1.807, 2.05) is 43.3 Å². The number of nitrogens with two attached hydrogens (primary N) is 1. The molecule has 2 aromatic rings. The summed E-state index contributed by atoms with van der Waals surface area (Å²) in [6.07, 6.45) is 0. The summed E-state index contributed by atoms with van der Waals surface area (Å²) in [5, 5.41) is 0. The van der Waals surface area contributed by atoms with Gasteiger partial charge in [0.25, 0.3) is 0 Å². The standard InChI is InChI=1S/C14H13NO/c1-10-4-2-5-11(8-10)12-6-3-7-13(9-12)14(15)16/h2-9H,1H3,(H2,15,16). The third-order valence-electron chi connectivity index (χ3n) is 2.50. The van der Waals surface area contributed by atoms with Crippen LogP contribution in [0.2, 0.25) is 0 Å². The maximum Gasteiger partial charge on any atom is 0.248 e. The summed E-state index contributed by atoms with van der Waals surface area (Å²) in [7, 11) is 0. The highest BCUT2D eigenvalue weighted by molar-refractivity contribution is 5.94. The van der Waals surface area contributed by atoms with Crippen molar-refractivity contribution in [2.45, 2.75) is 6.92 Å². The molecule has 1 amide bonds. The fourth-order valence-electron chi connectivity index (χ4n) is 1.68. The molecule has 80 valence electrons. The van der Waals surface area contributed by atoms with Crippen LogP contribution in [-0.4, -0.2) is 5.91 Å². The van der Waals surface area contributed by atoms with Crippen LogP contribution in [0.1, 0.15) is 15.9 Å². The number of primary amides is 1. The second-order valence-corrected chi connectivity index (χ2v) is 3.81. The Kier molecular flexibility index (Phi) is 2.73. The molecule has 16 heavy (non-hydrogen) atoms. The fraction of sp³-hybridized carbons (Fsp3) is 0.0714. The second-order valence-electron chi connectivity index (χ2n) is 3.81. The first-order valence-electron chi connectivity index (χ1n) is 5.14. The molecule has 2 aromatic carbocycles.